The molecule has 106 valence electrons. The predicted molar refractivity (Wildman–Crippen MR) is 86.3 cm³/mol. The van der Waals surface area contributed by atoms with Crippen LogP contribution in [0.3, 0.4) is 0 Å². The molecule has 0 amide bonds. The van der Waals surface area contributed by atoms with Gasteiger partial charge in [0.15, 0.2) is 0 Å². The smallest absolute Gasteiger partial charge is 0.127 e. The minimum absolute atomic E-state index is 0.131. The van der Waals surface area contributed by atoms with Gasteiger partial charge in [-0.1, -0.05) is 0 Å². The van der Waals surface area contributed by atoms with Crippen LogP contribution in [-0.4, -0.2) is 21.6 Å². The van der Waals surface area contributed by atoms with Gasteiger partial charge in [-0.2, -0.15) is 17.0 Å². The lowest BCUT2D eigenvalue weighted by atomic mass is 10.2. The zero-order valence-corrected chi connectivity index (χ0v) is 13.3. The number of aromatic nitrogens is 2. The molecule has 0 aliphatic heterocycles. The highest BCUT2D eigenvalue weighted by Crippen LogP contribution is 2.25. The normalized spacial score (nSPS) is 12.5. The second-order valence-electron chi connectivity index (χ2n) is 4.75. The van der Waals surface area contributed by atoms with Crippen LogP contribution in [0, 0.1) is 11.3 Å². The fraction of sp³-hybridized carbons (Fsp3) is 0.467. The number of imidazole rings is 1. The molecular formula is C15H18ClN3S. The summed E-state index contributed by atoms with van der Waals surface area (Å²) in [6.07, 6.45) is 4.40. The van der Waals surface area contributed by atoms with Crippen LogP contribution < -0.4 is 0 Å². The van der Waals surface area contributed by atoms with Gasteiger partial charge in [0.1, 0.15) is 5.82 Å². The van der Waals surface area contributed by atoms with E-state index < -0.39 is 0 Å². The molecule has 1 aromatic carbocycles. The van der Waals surface area contributed by atoms with Gasteiger partial charge in [0.05, 0.1) is 28.0 Å². The van der Waals surface area contributed by atoms with Gasteiger partial charge in [0, 0.05) is 6.54 Å². The highest BCUT2D eigenvalue weighted by molar-refractivity contribution is 7.98. The van der Waals surface area contributed by atoms with Gasteiger partial charge in [0.2, 0.25) is 0 Å². The first-order chi connectivity index (χ1) is 9.67. The van der Waals surface area contributed by atoms with E-state index in [-0.39, 0.29) is 5.38 Å². The molecule has 2 rings (SSSR count). The summed E-state index contributed by atoms with van der Waals surface area (Å²) in [5.41, 5.74) is 2.59. The number of benzene rings is 1. The van der Waals surface area contributed by atoms with E-state index in [1.54, 1.807) is 6.07 Å². The molecule has 20 heavy (non-hydrogen) atoms. The largest absolute Gasteiger partial charge is 0.327 e. The summed E-state index contributed by atoms with van der Waals surface area (Å²) in [6, 6.07) is 7.79. The Labute approximate surface area is 128 Å². The second-order valence-corrected chi connectivity index (χ2v) is 6.39. The van der Waals surface area contributed by atoms with Crippen molar-refractivity contribution in [1.82, 2.24) is 9.55 Å². The molecule has 2 aromatic rings. The Bertz CT molecular complexity index is 628. The van der Waals surface area contributed by atoms with E-state index in [0.29, 0.717) is 5.56 Å². The fourth-order valence-corrected chi connectivity index (χ4v) is 2.93. The van der Waals surface area contributed by atoms with E-state index >= 15 is 0 Å². The van der Waals surface area contributed by atoms with Crippen molar-refractivity contribution in [3.63, 3.8) is 0 Å². The topological polar surface area (TPSA) is 41.6 Å². The van der Waals surface area contributed by atoms with E-state index in [9.17, 15) is 0 Å². The van der Waals surface area contributed by atoms with Gasteiger partial charge < -0.3 is 4.57 Å². The van der Waals surface area contributed by atoms with Crippen molar-refractivity contribution in [3.05, 3.63) is 29.6 Å². The summed E-state index contributed by atoms with van der Waals surface area (Å²) in [5.74, 6) is 2.06. The summed E-state index contributed by atoms with van der Waals surface area (Å²) < 4.78 is 2.16. The molecule has 1 aromatic heterocycles. The highest BCUT2D eigenvalue weighted by atomic mass is 35.5. The van der Waals surface area contributed by atoms with Gasteiger partial charge in [-0.25, -0.2) is 4.98 Å². The van der Waals surface area contributed by atoms with E-state index in [1.165, 1.54) is 12.2 Å². The number of rotatable bonds is 6. The maximum atomic E-state index is 9.04. The van der Waals surface area contributed by atoms with Crippen LogP contribution in [-0.2, 0) is 6.54 Å². The molecule has 0 aliphatic rings. The monoisotopic (exact) mass is 307 g/mol. The number of hydrogen-bond donors (Lipinski definition) is 0. The van der Waals surface area contributed by atoms with Crippen LogP contribution in [0.5, 0.6) is 0 Å². The van der Waals surface area contributed by atoms with Crippen molar-refractivity contribution in [1.29, 1.82) is 5.26 Å². The van der Waals surface area contributed by atoms with E-state index in [2.05, 4.69) is 21.9 Å². The zero-order chi connectivity index (χ0) is 14.5. The highest BCUT2D eigenvalue weighted by Gasteiger charge is 2.15. The quantitative estimate of drug-likeness (QED) is 0.588. The second kappa shape index (κ2) is 7.01. The SMILES string of the molecule is CSCCCCn1c(C(C)Cl)nc2ccc(C#N)cc21. The molecule has 5 heteroatoms. The number of aryl methyl sites for hydroxylation is 1. The third-order valence-corrected chi connectivity index (χ3v) is 4.13. The van der Waals surface area contributed by atoms with Crippen molar-refractivity contribution in [2.24, 2.45) is 0 Å². The molecule has 0 aliphatic carbocycles. The zero-order valence-electron chi connectivity index (χ0n) is 11.8. The summed E-state index contributed by atoms with van der Waals surface area (Å²) in [5, 5.41) is 8.91. The molecule has 0 saturated heterocycles. The molecule has 1 heterocycles. The Morgan fingerprint density at radius 3 is 2.90 bits per heavy atom. The van der Waals surface area contributed by atoms with Crippen LogP contribution in [0.25, 0.3) is 11.0 Å². The van der Waals surface area contributed by atoms with Crippen LogP contribution >= 0.6 is 23.4 Å². The summed E-state index contributed by atoms with van der Waals surface area (Å²) in [7, 11) is 0. The van der Waals surface area contributed by atoms with E-state index in [1.807, 2.05) is 30.8 Å². The van der Waals surface area contributed by atoms with Crippen molar-refractivity contribution in [2.45, 2.75) is 31.7 Å². The molecule has 3 nitrogen and oxygen atoms in total. The summed E-state index contributed by atoms with van der Waals surface area (Å²) >= 11 is 8.11. The summed E-state index contributed by atoms with van der Waals surface area (Å²) in [6.45, 7) is 2.84. The van der Waals surface area contributed by atoms with Crippen LogP contribution in [0.4, 0.5) is 0 Å². The van der Waals surface area contributed by atoms with E-state index in [0.717, 1.165) is 29.8 Å². The lowest BCUT2D eigenvalue weighted by molar-refractivity contribution is 0.619. The molecular weight excluding hydrogens is 290 g/mol. The average Bonchev–Trinajstić information content (AvgIpc) is 2.81. The minimum atomic E-state index is -0.131. The Morgan fingerprint density at radius 2 is 2.25 bits per heavy atom. The molecule has 0 spiro atoms. The minimum Gasteiger partial charge on any atom is -0.327 e. The number of thioether (sulfide) groups is 1. The first-order valence-electron chi connectivity index (χ1n) is 6.70. The Kier molecular flexibility index (Phi) is 5.33. The first kappa shape index (κ1) is 15.2. The third kappa shape index (κ3) is 3.28. The number of hydrogen-bond acceptors (Lipinski definition) is 3. The third-order valence-electron chi connectivity index (χ3n) is 3.24. The number of fused-ring (bicyclic) bond motifs is 1. The number of unbranched alkanes of at least 4 members (excludes halogenated alkanes) is 1. The van der Waals surface area contributed by atoms with Crippen LogP contribution in [0.2, 0.25) is 0 Å². The molecule has 0 bridgehead atoms. The van der Waals surface area contributed by atoms with Gasteiger partial charge in [0.25, 0.3) is 0 Å². The van der Waals surface area contributed by atoms with Crippen LogP contribution in [0.1, 0.15) is 36.5 Å². The maximum absolute atomic E-state index is 9.04. The fourth-order valence-electron chi connectivity index (χ4n) is 2.27. The molecule has 0 fully saturated rings. The maximum Gasteiger partial charge on any atom is 0.127 e. The number of nitriles is 1. The predicted octanol–water partition coefficient (Wildman–Crippen LogP) is 4.35. The Balaban J connectivity index is 2.36. The van der Waals surface area contributed by atoms with Crippen LogP contribution in [0.15, 0.2) is 18.2 Å². The average molecular weight is 308 g/mol. The Hall–Kier alpha value is -1.18. The van der Waals surface area contributed by atoms with Crippen molar-refractivity contribution in [3.8, 4) is 6.07 Å². The molecule has 1 atom stereocenters. The van der Waals surface area contributed by atoms with E-state index in [4.69, 9.17) is 16.9 Å². The van der Waals surface area contributed by atoms with Crippen molar-refractivity contribution < 1.29 is 0 Å². The lowest BCUT2D eigenvalue weighted by Crippen LogP contribution is -2.05. The lowest BCUT2D eigenvalue weighted by Gasteiger charge is -2.10. The summed E-state index contributed by atoms with van der Waals surface area (Å²) in [4.78, 5) is 4.60. The van der Waals surface area contributed by atoms with Gasteiger partial charge >= 0.3 is 0 Å². The van der Waals surface area contributed by atoms with Gasteiger partial charge in [-0.05, 0) is 50.0 Å². The van der Waals surface area contributed by atoms with Crippen molar-refractivity contribution in [2.75, 3.05) is 12.0 Å². The molecule has 0 N–H and O–H groups in total. The van der Waals surface area contributed by atoms with Crippen molar-refractivity contribution >= 4 is 34.4 Å². The standard InChI is InChI=1S/C15H18ClN3S/c1-11(16)15-18-13-6-5-12(10-17)9-14(13)19(15)7-3-4-8-20-2/h5-6,9,11H,3-4,7-8H2,1-2H3. The first-order valence-corrected chi connectivity index (χ1v) is 8.53. The Morgan fingerprint density at radius 1 is 1.45 bits per heavy atom. The van der Waals surface area contributed by atoms with Gasteiger partial charge in [-0.3, -0.25) is 0 Å². The van der Waals surface area contributed by atoms with Gasteiger partial charge in [-0.15, -0.1) is 11.6 Å². The molecule has 1 unspecified atom stereocenters. The molecule has 0 saturated carbocycles. The number of halogens is 1. The number of alkyl halides is 1. The molecule has 0 radical (unpaired) electrons. The number of nitrogens with zero attached hydrogens (tertiary/aromatic N) is 3.